The molecule has 196 valence electrons. The molecule has 5 rings (SSSR count). The Labute approximate surface area is 227 Å². The number of carbonyl (C=O) groups excluding carboxylic acids is 2. The summed E-state index contributed by atoms with van der Waals surface area (Å²) in [4.78, 5) is 31.0. The van der Waals surface area contributed by atoms with Crippen molar-refractivity contribution in [2.24, 2.45) is 0 Å². The van der Waals surface area contributed by atoms with E-state index in [9.17, 15) is 14.7 Å². The van der Waals surface area contributed by atoms with Crippen LogP contribution in [-0.4, -0.2) is 56.4 Å². The predicted octanol–water partition coefficient (Wildman–Crippen LogP) is 3.83. The molecule has 2 aromatic carbocycles. The lowest BCUT2D eigenvalue weighted by atomic mass is 10.0. The molecule has 1 aliphatic rings. The summed E-state index contributed by atoms with van der Waals surface area (Å²) >= 11 is 7.59. The van der Waals surface area contributed by atoms with Crippen molar-refractivity contribution in [2.75, 3.05) is 18.1 Å². The van der Waals surface area contributed by atoms with Crippen LogP contribution in [0.25, 0.3) is 10.7 Å². The highest BCUT2D eigenvalue weighted by Gasteiger charge is 2.34. The molecule has 10 nitrogen and oxygen atoms in total. The van der Waals surface area contributed by atoms with Crippen LogP contribution in [0.4, 0.5) is 5.69 Å². The van der Waals surface area contributed by atoms with Crippen molar-refractivity contribution >= 4 is 40.4 Å². The fraction of sp³-hybridized carbons (Fsp3) is 0.269. The number of benzene rings is 2. The average Bonchev–Trinajstić information content (AvgIpc) is 3.70. The third-order valence-electron chi connectivity index (χ3n) is 6.09. The summed E-state index contributed by atoms with van der Waals surface area (Å²) in [7, 11) is 0. The van der Waals surface area contributed by atoms with Crippen LogP contribution >= 0.6 is 22.9 Å². The van der Waals surface area contributed by atoms with Crippen LogP contribution in [0.2, 0.25) is 5.02 Å². The van der Waals surface area contributed by atoms with E-state index in [2.05, 4.69) is 20.7 Å². The van der Waals surface area contributed by atoms with Crippen LogP contribution in [0.3, 0.4) is 0 Å². The average molecular weight is 553 g/mol. The second-order valence-electron chi connectivity index (χ2n) is 8.74. The molecule has 1 aliphatic heterocycles. The summed E-state index contributed by atoms with van der Waals surface area (Å²) in [6.07, 6.45) is 1.72. The highest BCUT2D eigenvalue weighted by molar-refractivity contribution is 7.13. The quantitative estimate of drug-likeness (QED) is 0.323. The minimum Gasteiger partial charge on any atom is -0.508 e. The molecule has 1 fully saturated rings. The van der Waals surface area contributed by atoms with Crippen molar-refractivity contribution < 1.29 is 19.4 Å². The molecular weight excluding hydrogens is 528 g/mol. The second kappa shape index (κ2) is 11.7. The summed E-state index contributed by atoms with van der Waals surface area (Å²) in [5, 5.41) is 27.6. The number of amides is 2. The molecule has 4 aromatic rings. The summed E-state index contributed by atoms with van der Waals surface area (Å²) in [5.74, 6) is -0.368. The van der Waals surface area contributed by atoms with Gasteiger partial charge in [-0.05, 0) is 71.5 Å². The lowest BCUT2D eigenvalue weighted by Gasteiger charge is -2.31. The topological polar surface area (TPSA) is 122 Å². The molecule has 38 heavy (non-hydrogen) atoms. The Bertz CT molecular complexity index is 1370. The zero-order valence-corrected chi connectivity index (χ0v) is 21.8. The van der Waals surface area contributed by atoms with Gasteiger partial charge >= 0.3 is 0 Å². The van der Waals surface area contributed by atoms with Gasteiger partial charge in [0, 0.05) is 23.9 Å². The number of carbonyl (C=O) groups is 2. The van der Waals surface area contributed by atoms with Gasteiger partial charge in [0.1, 0.15) is 18.3 Å². The number of tetrazole rings is 1. The Kier molecular flexibility index (Phi) is 7.97. The summed E-state index contributed by atoms with van der Waals surface area (Å²) in [5.41, 5.74) is 0.977. The number of phenols is 1. The molecule has 2 amide bonds. The van der Waals surface area contributed by atoms with E-state index in [1.807, 2.05) is 17.5 Å². The minimum atomic E-state index is -1.05. The van der Waals surface area contributed by atoms with Crippen LogP contribution in [0.5, 0.6) is 5.75 Å². The second-order valence-corrected chi connectivity index (χ2v) is 10.1. The van der Waals surface area contributed by atoms with Gasteiger partial charge in [-0.3, -0.25) is 14.5 Å². The fourth-order valence-electron chi connectivity index (χ4n) is 4.24. The van der Waals surface area contributed by atoms with Gasteiger partial charge in [0.05, 0.1) is 11.0 Å². The number of thiophene rings is 1. The molecule has 0 saturated carbocycles. The van der Waals surface area contributed by atoms with Gasteiger partial charge in [-0.15, -0.1) is 21.5 Å². The Balaban J connectivity index is 1.48. The van der Waals surface area contributed by atoms with Gasteiger partial charge in [-0.1, -0.05) is 29.8 Å². The third kappa shape index (κ3) is 6.01. The molecule has 1 saturated heterocycles. The highest BCUT2D eigenvalue weighted by Crippen LogP contribution is 2.30. The Morgan fingerprint density at radius 1 is 1.18 bits per heavy atom. The van der Waals surface area contributed by atoms with Gasteiger partial charge in [-0.25, -0.2) is 0 Å². The lowest BCUT2D eigenvalue weighted by Crippen LogP contribution is -2.46. The molecule has 0 aliphatic carbocycles. The van der Waals surface area contributed by atoms with E-state index in [0.717, 1.165) is 17.7 Å². The maximum atomic E-state index is 13.9. The van der Waals surface area contributed by atoms with Gasteiger partial charge in [0.2, 0.25) is 11.7 Å². The Hall–Kier alpha value is -3.80. The number of rotatable bonds is 9. The van der Waals surface area contributed by atoms with Crippen LogP contribution in [0.15, 0.2) is 66.0 Å². The summed E-state index contributed by atoms with van der Waals surface area (Å²) in [6, 6.07) is 15.5. The van der Waals surface area contributed by atoms with Crippen molar-refractivity contribution in [1.29, 1.82) is 0 Å². The molecule has 2 N–H and O–H groups in total. The first-order valence-corrected chi connectivity index (χ1v) is 13.3. The number of hydrogen-bond donors (Lipinski definition) is 2. The van der Waals surface area contributed by atoms with Gasteiger partial charge in [0.25, 0.3) is 5.91 Å². The first-order chi connectivity index (χ1) is 18.5. The monoisotopic (exact) mass is 552 g/mol. The van der Waals surface area contributed by atoms with E-state index in [0.29, 0.717) is 35.2 Å². The van der Waals surface area contributed by atoms with Crippen LogP contribution < -0.4 is 10.2 Å². The number of anilines is 1. The number of nitrogens with zero attached hydrogens (tertiary/aromatic N) is 5. The smallest absolute Gasteiger partial charge is 0.251 e. The number of nitrogens with one attached hydrogen (secondary N) is 1. The van der Waals surface area contributed by atoms with Crippen LogP contribution in [0.1, 0.15) is 24.4 Å². The molecular formula is C26H25ClN6O4S. The highest BCUT2D eigenvalue weighted by atomic mass is 35.5. The fourth-order valence-corrected chi connectivity index (χ4v) is 5.02. The van der Waals surface area contributed by atoms with Crippen molar-refractivity contribution in [3.05, 3.63) is 76.6 Å². The van der Waals surface area contributed by atoms with Gasteiger partial charge in [-0.2, -0.15) is 4.80 Å². The molecule has 3 heterocycles. The number of ether oxygens (including phenoxy) is 1. The Morgan fingerprint density at radius 3 is 2.66 bits per heavy atom. The van der Waals surface area contributed by atoms with E-state index in [1.54, 1.807) is 36.4 Å². The molecule has 0 radical (unpaired) electrons. The van der Waals surface area contributed by atoms with Gasteiger partial charge < -0.3 is 15.2 Å². The SMILES string of the molecule is O=C(NC[C@@H]1CCCO1)[C@@H](c1ccc(O)cc1)N(C(=O)Cn1nnc(-c2cccs2)n1)c1ccc(Cl)cc1. The van der Waals surface area contributed by atoms with E-state index < -0.39 is 11.9 Å². The third-order valence-corrected chi connectivity index (χ3v) is 7.21. The summed E-state index contributed by atoms with van der Waals surface area (Å²) in [6.45, 7) is 0.731. The largest absolute Gasteiger partial charge is 0.508 e. The molecule has 0 bridgehead atoms. The molecule has 2 atom stereocenters. The standard InChI is InChI=1S/C26H25ClN6O4S/c27-18-7-9-19(10-8-18)33(23(35)16-32-30-25(29-31-32)22-4-2-14-38-22)24(17-5-11-20(34)12-6-17)26(36)28-15-21-3-1-13-37-21/h2,4-12,14,21,24,34H,1,3,13,15-16H2,(H,28,36)/t21-,24+/m0/s1. The molecule has 0 unspecified atom stereocenters. The zero-order chi connectivity index (χ0) is 26.5. The number of phenolic OH excluding ortho intramolecular Hbond substituents is 1. The zero-order valence-electron chi connectivity index (χ0n) is 20.2. The first-order valence-electron chi connectivity index (χ1n) is 12.1. The maximum absolute atomic E-state index is 13.9. The number of hydrogen-bond acceptors (Lipinski definition) is 8. The van der Waals surface area contributed by atoms with E-state index in [-0.39, 0.29) is 24.3 Å². The normalized spacial score (nSPS) is 15.8. The lowest BCUT2D eigenvalue weighted by molar-refractivity contribution is -0.127. The van der Waals surface area contributed by atoms with Crippen LogP contribution in [0, 0.1) is 0 Å². The summed E-state index contributed by atoms with van der Waals surface area (Å²) < 4.78 is 5.65. The van der Waals surface area contributed by atoms with E-state index in [1.165, 1.54) is 33.2 Å². The predicted molar refractivity (Wildman–Crippen MR) is 143 cm³/mol. The Morgan fingerprint density at radius 2 is 1.97 bits per heavy atom. The van der Waals surface area contributed by atoms with Crippen molar-refractivity contribution in [3.8, 4) is 16.5 Å². The first kappa shape index (κ1) is 25.8. The van der Waals surface area contributed by atoms with Crippen molar-refractivity contribution in [2.45, 2.75) is 31.5 Å². The van der Waals surface area contributed by atoms with E-state index >= 15 is 0 Å². The number of halogens is 1. The van der Waals surface area contributed by atoms with Crippen molar-refractivity contribution in [1.82, 2.24) is 25.5 Å². The number of aromatic hydroxyl groups is 1. The molecule has 2 aromatic heterocycles. The molecule has 12 heteroatoms. The van der Waals surface area contributed by atoms with Crippen molar-refractivity contribution in [3.63, 3.8) is 0 Å². The van der Waals surface area contributed by atoms with Gasteiger partial charge in [0.15, 0.2) is 0 Å². The van der Waals surface area contributed by atoms with E-state index in [4.69, 9.17) is 16.3 Å². The van der Waals surface area contributed by atoms with Crippen LogP contribution in [-0.2, 0) is 20.9 Å². The molecule has 0 spiro atoms. The maximum Gasteiger partial charge on any atom is 0.251 e. The minimum absolute atomic E-state index is 0.0459. The number of aromatic nitrogens is 4.